The molecule has 0 saturated heterocycles. The van der Waals surface area contributed by atoms with E-state index in [-0.39, 0.29) is 6.61 Å². The first-order valence-corrected chi connectivity index (χ1v) is 10.7. The predicted molar refractivity (Wildman–Crippen MR) is 115 cm³/mol. The molecular weight excluding hydrogens is 384 g/mol. The van der Waals surface area contributed by atoms with Crippen molar-refractivity contribution in [1.29, 1.82) is 0 Å². The summed E-state index contributed by atoms with van der Waals surface area (Å²) in [5, 5.41) is 13.6. The van der Waals surface area contributed by atoms with Crippen molar-refractivity contribution in [1.82, 2.24) is 10.3 Å². The van der Waals surface area contributed by atoms with Crippen molar-refractivity contribution in [2.24, 2.45) is 0 Å². The van der Waals surface area contributed by atoms with Crippen LogP contribution >= 0.6 is 11.3 Å². The summed E-state index contributed by atoms with van der Waals surface area (Å²) in [6, 6.07) is 19.6. The van der Waals surface area contributed by atoms with Crippen molar-refractivity contribution in [3.8, 4) is 0 Å². The molecule has 0 bridgehead atoms. The van der Waals surface area contributed by atoms with Crippen LogP contribution in [0.25, 0.3) is 0 Å². The van der Waals surface area contributed by atoms with Crippen LogP contribution in [0.4, 0.5) is 4.79 Å². The number of carbonyl (C=O) groups excluding carboxylic acids is 1. The van der Waals surface area contributed by atoms with E-state index in [0.717, 1.165) is 23.3 Å². The van der Waals surface area contributed by atoms with Crippen molar-refractivity contribution in [3.05, 3.63) is 88.4 Å². The Labute approximate surface area is 175 Å². The molecule has 1 amide bonds. The number of thiazole rings is 1. The number of carbonyl (C=O) groups is 1. The third-order valence-electron chi connectivity index (χ3n) is 4.70. The number of alkyl carbamates (subject to hydrolysis) is 1. The largest absolute Gasteiger partial charge is 0.444 e. The van der Waals surface area contributed by atoms with Gasteiger partial charge in [-0.3, -0.25) is 4.98 Å². The monoisotopic (exact) mass is 410 g/mol. The van der Waals surface area contributed by atoms with Gasteiger partial charge in [0, 0.05) is 6.20 Å². The zero-order valence-electron chi connectivity index (χ0n) is 16.2. The number of aromatic nitrogens is 1. The Morgan fingerprint density at radius 2 is 1.76 bits per heavy atom. The number of hydrogen-bond donors (Lipinski definition) is 2. The minimum absolute atomic E-state index is 0.179. The van der Waals surface area contributed by atoms with E-state index in [2.05, 4.69) is 22.4 Å². The fourth-order valence-electron chi connectivity index (χ4n) is 3.16. The van der Waals surface area contributed by atoms with Gasteiger partial charge in [-0.25, -0.2) is 4.79 Å². The summed E-state index contributed by atoms with van der Waals surface area (Å²) >= 11 is 1.44. The SMILES string of the molecule is O=C(N[C@@H](Cc1ccccc1)[C@@H](O)CCCc1ccccc1)OCc1cncs1. The molecule has 0 aliphatic carbocycles. The van der Waals surface area contributed by atoms with Crippen molar-refractivity contribution in [3.63, 3.8) is 0 Å². The molecule has 5 nitrogen and oxygen atoms in total. The number of hydrogen-bond acceptors (Lipinski definition) is 5. The van der Waals surface area contributed by atoms with Crippen LogP contribution in [-0.2, 0) is 24.2 Å². The van der Waals surface area contributed by atoms with Crippen LogP contribution in [0.15, 0.2) is 72.4 Å². The van der Waals surface area contributed by atoms with E-state index in [1.54, 1.807) is 11.7 Å². The van der Waals surface area contributed by atoms with Crippen LogP contribution in [0.2, 0.25) is 0 Å². The van der Waals surface area contributed by atoms with E-state index in [9.17, 15) is 9.90 Å². The molecule has 2 aromatic carbocycles. The lowest BCUT2D eigenvalue weighted by Gasteiger charge is -2.24. The summed E-state index contributed by atoms with van der Waals surface area (Å²) in [6.45, 7) is 0.179. The number of aliphatic hydroxyl groups excluding tert-OH is 1. The van der Waals surface area contributed by atoms with Gasteiger partial charge in [0.25, 0.3) is 0 Å². The zero-order valence-corrected chi connectivity index (χ0v) is 17.1. The predicted octanol–water partition coefficient (Wildman–Crippen LogP) is 4.36. The highest BCUT2D eigenvalue weighted by Gasteiger charge is 2.22. The van der Waals surface area contributed by atoms with E-state index in [0.29, 0.717) is 12.8 Å². The van der Waals surface area contributed by atoms with Crippen molar-refractivity contribution < 1.29 is 14.6 Å². The Bertz CT molecular complexity index is 841. The third-order valence-corrected chi connectivity index (χ3v) is 5.46. The Morgan fingerprint density at radius 1 is 1.07 bits per heavy atom. The van der Waals surface area contributed by atoms with E-state index >= 15 is 0 Å². The number of aliphatic hydroxyl groups is 1. The molecule has 2 N–H and O–H groups in total. The molecule has 152 valence electrons. The van der Waals surface area contributed by atoms with Gasteiger partial charge in [0.15, 0.2) is 0 Å². The topological polar surface area (TPSA) is 71.5 Å². The molecule has 0 fully saturated rings. The molecule has 0 aliphatic heterocycles. The summed E-state index contributed by atoms with van der Waals surface area (Å²) in [5.74, 6) is 0. The van der Waals surface area contributed by atoms with Crippen LogP contribution < -0.4 is 5.32 Å². The Hall–Kier alpha value is -2.70. The maximum absolute atomic E-state index is 12.3. The molecule has 2 atom stereocenters. The van der Waals surface area contributed by atoms with Crippen LogP contribution in [0.5, 0.6) is 0 Å². The Kier molecular flexibility index (Phi) is 8.22. The second-order valence-electron chi connectivity index (χ2n) is 6.93. The lowest BCUT2D eigenvalue weighted by molar-refractivity contribution is 0.0956. The molecule has 0 radical (unpaired) electrons. The number of amides is 1. The minimum atomic E-state index is -0.658. The van der Waals surface area contributed by atoms with Gasteiger partial charge in [-0.05, 0) is 36.8 Å². The van der Waals surface area contributed by atoms with Gasteiger partial charge in [0.05, 0.1) is 22.5 Å². The highest BCUT2D eigenvalue weighted by molar-refractivity contribution is 7.09. The quantitative estimate of drug-likeness (QED) is 0.521. The number of ether oxygens (including phenoxy) is 1. The van der Waals surface area contributed by atoms with Gasteiger partial charge in [0.1, 0.15) is 6.61 Å². The van der Waals surface area contributed by atoms with Gasteiger partial charge in [-0.2, -0.15) is 0 Å². The number of nitrogens with zero attached hydrogens (tertiary/aromatic N) is 1. The summed E-state index contributed by atoms with van der Waals surface area (Å²) in [4.78, 5) is 17.1. The van der Waals surface area contributed by atoms with E-state index < -0.39 is 18.2 Å². The lowest BCUT2D eigenvalue weighted by Crippen LogP contribution is -2.45. The van der Waals surface area contributed by atoms with Gasteiger partial charge < -0.3 is 15.2 Å². The fraction of sp³-hybridized carbons (Fsp3) is 0.304. The number of nitrogens with one attached hydrogen (secondary N) is 1. The molecule has 0 saturated carbocycles. The molecule has 0 unspecified atom stereocenters. The molecule has 29 heavy (non-hydrogen) atoms. The number of rotatable bonds is 10. The van der Waals surface area contributed by atoms with E-state index in [1.165, 1.54) is 16.9 Å². The second-order valence-corrected chi connectivity index (χ2v) is 7.90. The summed E-state index contributed by atoms with van der Waals surface area (Å²) in [5.41, 5.74) is 4.00. The number of aryl methyl sites for hydroxylation is 1. The first kappa shape index (κ1) is 21.0. The molecule has 3 aromatic rings. The molecule has 0 aliphatic rings. The maximum Gasteiger partial charge on any atom is 0.407 e. The molecule has 1 aromatic heterocycles. The number of benzene rings is 2. The van der Waals surface area contributed by atoms with Gasteiger partial charge >= 0.3 is 6.09 Å². The average molecular weight is 411 g/mol. The summed E-state index contributed by atoms with van der Waals surface area (Å²) in [7, 11) is 0. The highest BCUT2D eigenvalue weighted by atomic mass is 32.1. The smallest absolute Gasteiger partial charge is 0.407 e. The minimum Gasteiger partial charge on any atom is -0.444 e. The maximum atomic E-state index is 12.3. The van der Waals surface area contributed by atoms with E-state index in [1.807, 2.05) is 48.5 Å². The van der Waals surface area contributed by atoms with Gasteiger partial charge in [0.2, 0.25) is 0 Å². The standard InChI is InChI=1S/C23H26N2O3S/c26-22(13-7-12-18-8-3-1-4-9-18)21(14-19-10-5-2-6-11-19)25-23(27)28-16-20-15-24-17-29-20/h1-6,8-11,15,17,21-22,26H,7,12-14,16H2,(H,25,27)/t21-,22-/m0/s1. The van der Waals surface area contributed by atoms with Crippen LogP contribution in [-0.4, -0.2) is 28.3 Å². The Balaban J connectivity index is 1.54. The van der Waals surface area contributed by atoms with Gasteiger partial charge in [-0.1, -0.05) is 60.7 Å². The molecule has 0 spiro atoms. The third kappa shape index (κ3) is 7.33. The van der Waals surface area contributed by atoms with Crippen molar-refractivity contribution >= 4 is 17.4 Å². The van der Waals surface area contributed by atoms with Crippen molar-refractivity contribution in [2.45, 2.75) is 44.4 Å². The highest BCUT2D eigenvalue weighted by Crippen LogP contribution is 2.14. The zero-order chi connectivity index (χ0) is 20.3. The fourth-order valence-corrected chi connectivity index (χ4v) is 3.66. The molecule has 3 rings (SSSR count). The van der Waals surface area contributed by atoms with Crippen LogP contribution in [0.1, 0.15) is 28.8 Å². The Morgan fingerprint density at radius 3 is 2.41 bits per heavy atom. The van der Waals surface area contributed by atoms with Gasteiger partial charge in [-0.15, -0.1) is 11.3 Å². The lowest BCUT2D eigenvalue weighted by atomic mass is 9.96. The summed E-state index contributed by atoms with van der Waals surface area (Å²) < 4.78 is 5.29. The van der Waals surface area contributed by atoms with Crippen LogP contribution in [0.3, 0.4) is 0 Å². The van der Waals surface area contributed by atoms with Crippen molar-refractivity contribution in [2.75, 3.05) is 0 Å². The van der Waals surface area contributed by atoms with E-state index in [4.69, 9.17) is 4.74 Å². The van der Waals surface area contributed by atoms with Crippen LogP contribution in [0, 0.1) is 0 Å². The second kappa shape index (κ2) is 11.3. The first-order chi connectivity index (χ1) is 14.2. The molecule has 6 heteroatoms. The normalized spacial score (nSPS) is 12.9. The first-order valence-electron chi connectivity index (χ1n) is 9.77. The summed E-state index contributed by atoms with van der Waals surface area (Å²) in [6.07, 6.45) is 3.37. The average Bonchev–Trinajstić information content (AvgIpc) is 3.27. The molecular formula is C23H26N2O3S. The molecule has 1 heterocycles.